The number of ether oxygens (including phenoxy) is 1. The fourth-order valence-electron chi connectivity index (χ4n) is 6.97. The third-order valence-corrected chi connectivity index (χ3v) is 8.93. The maximum absolute atomic E-state index is 14.0. The summed E-state index contributed by atoms with van der Waals surface area (Å²) in [5, 5.41) is 10.5. The van der Waals surface area contributed by atoms with Crippen LogP contribution >= 0.6 is 0 Å². The first-order valence-electron chi connectivity index (χ1n) is 13.8. The molecule has 7 nitrogen and oxygen atoms in total. The molecule has 234 valence electrons. The molecule has 0 aromatic heterocycles. The Morgan fingerprint density at radius 3 is 2.11 bits per heavy atom. The number of anilines is 1. The van der Waals surface area contributed by atoms with E-state index in [9.17, 15) is 50.6 Å². The van der Waals surface area contributed by atoms with E-state index >= 15 is 0 Å². The zero-order valence-corrected chi connectivity index (χ0v) is 23.5. The normalized spacial score (nSPS) is 25.1. The van der Waals surface area contributed by atoms with Gasteiger partial charge in [0.1, 0.15) is 0 Å². The summed E-state index contributed by atoms with van der Waals surface area (Å²) in [6, 6.07) is 4.95. The van der Waals surface area contributed by atoms with Crippen molar-refractivity contribution in [1.82, 2.24) is 0 Å². The van der Waals surface area contributed by atoms with Crippen LogP contribution in [-0.4, -0.2) is 35.6 Å². The highest BCUT2D eigenvalue weighted by atomic mass is 19.4. The number of rotatable bonds is 3. The number of amides is 2. The highest BCUT2D eigenvalue weighted by Crippen LogP contribution is 2.56. The molecule has 6 rings (SSSR count). The van der Waals surface area contributed by atoms with E-state index in [4.69, 9.17) is 4.74 Å². The number of ketones is 2. The van der Waals surface area contributed by atoms with Gasteiger partial charge in [-0.1, -0.05) is 17.7 Å². The zero-order valence-electron chi connectivity index (χ0n) is 23.5. The Morgan fingerprint density at radius 2 is 1.53 bits per heavy atom. The Balaban J connectivity index is 1.48. The van der Waals surface area contributed by atoms with E-state index in [-0.39, 0.29) is 47.1 Å². The smallest absolute Gasteiger partial charge is 0.416 e. The minimum atomic E-state index is -5.20. The van der Waals surface area contributed by atoms with E-state index in [0.29, 0.717) is 28.2 Å². The summed E-state index contributed by atoms with van der Waals surface area (Å²) < 4.78 is 86.8. The number of allylic oxidation sites excluding steroid dienone is 6. The molecule has 0 bridgehead atoms. The molecule has 2 aromatic rings. The third kappa shape index (κ3) is 4.75. The number of alkyl halides is 6. The zero-order chi connectivity index (χ0) is 32.7. The van der Waals surface area contributed by atoms with Gasteiger partial charge in [0.25, 0.3) is 0 Å². The average molecular weight is 632 g/mol. The van der Waals surface area contributed by atoms with Crippen molar-refractivity contribution in [3.8, 4) is 11.5 Å². The van der Waals surface area contributed by atoms with Crippen molar-refractivity contribution in [3.63, 3.8) is 0 Å². The van der Waals surface area contributed by atoms with Gasteiger partial charge in [-0.3, -0.25) is 19.2 Å². The molecule has 2 amide bonds. The van der Waals surface area contributed by atoms with E-state index in [1.54, 1.807) is 12.1 Å². The van der Waals surface area contributed by atoms with E-state index in [1.165, 1.54) is 32.2 Å². The van der Waals surface area contributed by atoms with E-state index in [2.05, 4.69) is 0 Å². The van der Waals surface area contributed by atoms with Crippen LogP contribution in [0, 0.1) is 17.8 Å². The summed E-state index contributed by atoms with van der Waals surface area (Å²) in [4.78, 5) is 54.6. The summed E-state index contributed by atoms with van der Waals surface area (Å²) in [5.41, 5.74) is -2.98. The van der Waals surface area contributed by atoms with Gasteiger partial charge in [0.15, 0.2) is 23.1 Å². The third-order valence-electron chi connectivity index (χ3n) is 8.93. The van der Waals surface area contributed by atoms with Crippen LogP contribution in [0.25, 0.3) is 0 Å². The van der Waals surface area contributed by atoms with Crippen molar-refractivity contribution < 1.29 is 55.4 Å². The minimum absolute atomic E-state index is 0.0905. The highest BCUT2D eigenvalue weighted by molar-refractivity contribution is 6.25. The molecule has 1 aliphatic heterocycles. The van der Waals surface area contributed by atoms with Crippen LogP contribution < -0.4 is 9.64 Å². The monoisotopic (exact) mass is 631 g/mol. The first-order valence-corrected chi connectivity index (χ1v) is 13.8. The Kier molecular flexibility index (Phi) is 6.86. The molecule has 13 heteroatoms. The molecule has 1 saturated heterocycles. The maximum Gasteiger partial charge on any atom is 0.416 e. The number of carbonyl (C=O) groups is 4. The Labute approximate surface area is 251 Å². The molecule has 0 saturated carbocycles. The van der Waals surface area contributed by atoms with Crippen LogP contribution in [0.2, 0.25) is 0 Å². The van der Waals surface area contributed by atoms with Crippen molar-refractivity contribution in [3.05, 3.63) is 87.5 Å². The standard InChI is InChI=1S/C32H23F6NO6/c1-13-7-23(41)27-21(28(13)42)12-20-18(25(27)14-3-6-24(45-2)22(40)8-14)4-5-19-26(20)30(44)39(29(19)43)17-10-15(31(33,34)35)9-16(11-17)32(36,37)38/h3-4,6-11,19-20,25-26,40H,5,12H2,1-2H3. The molecule has 4 unspecified atom stereocenters. The van der Waals surface area contributed by atoms with Gasteiger partial charge in [0.2, 0.25) is 11.8 Å². The van der Waals surface area contributed by atoms with E-state index < -0.39 is 76.2 Å². The Morgan fingerprint density at radius 1 is 0.889 bits per heavy atom. The second-order valence-electron chi connectivity index (χ2n) is 11.4. The predicted molar refractivity (Wildman–Crippen MR) is 145 cm³/mol. The number of imide groups is 1. The lowest BCUT2D eigenvalue weighted by molar-refractivity contribution is -0.143. The molecule has 2 aromatic carbocycles. The fourth-order valence-corrected chi connectivity index (χ4v) is 6.97. The number of hydrogen-bond acceptors (Lipinski definition) is 6. The van der Waals surface area contributed by atoms with Gasteiger partial charge in [0, 0.05) is 22.6 Å². The number of aromatic hydroxyl groups is 1. The van der Waals surface area contributed by atoms with E-state index in [0.717, 1.165) is 0 Å². The summed E-state index contributed by atoms with van der Waals surface area (Å²) in [6.07, 6.45) is -7.83. The molecule has 0 spiro atoms. The molecule has 1 N–H and O–H groups in total. The first-order chi connectivity index (χ1) is 21.0. The van der Waals surface area contributed by atoms with Gasteiger partial charge in [-0.25, -0.2) is 4.90 Å². The lowest BCUT2D eigenvalue weighted by Crippen LogP contribution is -2.39. The van der Waals surface area contributed by atoms with Crippen LogP contribution in [0.3, 0.4) is 0 Å². The van der Waals surface area contributed by atoms with Crippen LogP contribution in [-0.2, 0) is 31.5 Å². The number of nitrogens with zero attached hydrogens (tertiary/aromatic N) is 1. The number of phenols is 1. The molecule has 0 radical (unpaired) electrons. The average Bonchev–Trinajstić information content (AvgIpc) is 3.23. The lowest BCUT2D eigenvalue weighted by Gasteiger charge is -2.42. The highest BCUT2D eigenvalue weighted by Gasteiger charge is 2.57. The number of benzene rings is 2. The number of Topliss-reactive ketones (excluding diaryl/α,β-unsaturated/α-hetero) is 1. The van der Waals surface area contributed by atoms with Crippen molar-refractivity contribution in [1.29, 1.82) is 0 Å². The second-order valence-corrected chi connectivity index (χ2v) is 11.4. The molecule has 1 heterocycles. The van der Waals surface area contributed by atoms with Crippen LogP contribution in [0.5, 0.6) is 11.5 Å². The minimum Gasteiger partial charge on any atom is -0.504 e. The molecule has 1 fully saturated rings. The Bertz CT molecular complexity index is 1770. The van der Waals surface area contributed by atoms with Crippen molar-refractivity contribution in [2.75, 3.05) is 12.0 Å². The number of methoxy groups -OCH3 is 1. The van der Waals surface area contributed by atoms with Gasteiger partial charge in [-0.2, -0.15) is 26.3 Å². The van der Waals surface area contributed by atoms with Crippen LogP contribution in [0.1, 0.15) is 42.4 Å². The lowest BCUT2D eigenvalue weighted by atomic mass is 9.59. The summed E-state index contributed by atoms with van der Waals surface area (Å²) in [5.74, 6) is -7.22. The van der Waals surface area contributed by atoms with Crippen molar-refractivity contribution in [2.45, 2.75) is 38.0 Å². The second kappa shape index (κ2) is 10.2. The number of hydrogen-bond donors (Lipinski definition) is 1. The molecular weight excluding hydrogens is 608 g/mol. The number of halogens is 6. The molecule has 4 atom stereocenters. The predicted octanol–water partition coefficient (Wildman–Crippen LogP) is 6.07. The van der Waals surface area contributed by atoms with Gasteiger partial charge in [0.05, 0.1) is 35.8 Å². The van der Waals surface area contributed by atoms with Crippen molar-refractivity contribution >= 4 is 29.1 Å². The van der Waals surface area contributed by atoms with Crippen molar-refractivity contribution in [2.24, 2.45) is 17.8 Å². The fraction of sp³-hybridized carbons (Fsp3) is 0.312. The summed E-state index contributed by atoms with van der Waals surface area (Å²) >= 11 is 0. The largest absolute Gasteiger partial charge is 0.504 e. The summed E-state index contributed by atoms with van der Waals surface area (Å²) in [7, 11) is 1.34. The van der Waals surface area contributed by atoms with Gasteiger partial charge in [-0.05, 0) is 67.7 Å². The molecule has 3 aliphatic carbocycles. The van der Waals surface area contributed by atoms with E-state index in [1.807, 2.05) is 0 Å². The number of fused-ring (bicyclic) bond motifs is 3. The molecule has 45 heavy (non-hydrogen) atoms. The van der Waals surface area contributed by atoms with Gasteiger partial charge < -0.3 is 9.84 Å². The van der Waals surface area contributed by atoms with Crippen LogP contribution in [0.4, 0.5) is 32.0 Å². The maximum atomic E-state index is 14.0. The number of carbonyl (C=O) groups excluding carboxylic acids is 4. The van der Waals surface area contributed by atoms with Gasteiger partial charge >= 0.3 is 12.4 Å². The number of phenolic OH excluding ortho intramolecular Hbond substituents is 1. The molecular formula is C32H23F6NO6. The quantitative estimate of drug-likeness (QED) is 0.191. The Hall–Kier alpha value is -4.68. The summed E-state index contributed by atoms with van der Waals surface area (Å²) in [6.45, 7) is 1.45. The van der Waals surface area contributed by atoms with Gasteiger partial charge in [-0.15, -0.1) is 0 Å². The molecule has 4 aliphatic rings. The topological polar surface area (TPSA) is 101 Å². The SMILES string of the molecule is COc1ccc(C2C3=CCC4C(=O)N(c5cc(C(F)(F)F)cc(C(F)(F)F)c5)C(=O)C4C3CC3=C2C(=O)C=C(C)C3=O)cc1O. The first kappa shape index (κ1) is 30.4. The van der Waals surface area contributed by atoms with Crippen LogP contribution in [0.15, 0.2) is 70.8 Å².